The van der Waals surface area contributed by atoms with Crippen molar-refractivity contribution >= 4 is 29.5 Å². The number of rotatable bonds is 16. The number of hydrogen-bond donors (Lipinski definition) is 5. The van der Waals surface area contributed by atoms with Crippen molar-refractivity contribution < 1.29 is 28.7 Å². The fourth-order valence-electron chi connectivity index (χ4n) is 4.31. The van der Waals surface area contributed by atoms with E-state index < -0.39 is 24.0 Å². The third kappa shape index (κ3) is 9.80. The van der Waals surface area contributed by atoms with Crippen molar-refractivity contribution in [1.82, 2.24) is 15.6 Å². The number of benzene rings is 2. The zero-order valence-electron chi connectivity index (χ0n) is 24.3. The summed E-state index contributed by atoms with van der Waals surface area (Å²) < 4.78 is 5.53. The number of nitrogens with two attached hydrogens (primary N) is 2. The van der Waals surface area contributed by atoms with Crippen LogP contribution in [0.1, 0.15) is 78.7 Å². The maximum Gasteiger partial charge on any atom is 0.326 e. The van der Waals surface area contributed by atoms with Gasteiger partial charge in [-0.25, -0.2) is 9.78 Å². The van der Waals surface area contributed by atoms with Crippen molar-refractivity contribution in [3.05, 3.63) is 78.0 Å². The second-order valence-corrected chi connectivity index (χ2v) is 10.2. The van der Waals surface area contributed by atoms with Gasteiger partial charge in [0.25, 0.3) is 5.91 Å². The second-order valence-electron chi connectivity index (χ2n) is 10.2. The molecule has 3 unspecified atom stereocenters. The average Bonchev–Trinajstić information content (AvgIpc) is 3.50. The van der Waals surface area contributed by atoms with Gasteiger partial charge in [0.05, 0.1) is 0 Å². The van der Waals surface area contributed by atoms with Gasteiger partial charge in [-0.1, -0.05) is 74.9 Å². The van der Waals surface area contributed by atoms with E-state index in [1.54, 1.807) is 12.1 Å². The molecule has 1 aromatic heterocycles. The van der Waals surface area contributed by atoms with Gasteiger partial charge in [-0.15, -0.1) is 0 Å². The number of ketones is 1. The maximum atomic E-state index is 12.8. The zero-order valence-corrected chi connectivity index (χ0v) is 24.3. The van der Waals surface area contributed by atoms with E-state index in [1.807, 2.05) is 56.3 Å². The molecule has 12 heteroatoms. The van der Waals surface area contributed by atoms with Gasteiger partial charge in [-0.3, -0.25) is 19.4 Å². The van der Waals surface area contributed by atoms with Gasteiger partial charge in [0.2, 0.25) is 11.8 Å². The molecule has 7 N–H and O–H groups in total. The number of nitrogens with zero attached hydrogens (tertiary/aromatic N) is 2. The molecule has 12 nitrogen and oxygen atoms in total. The molecule has 2 aromatic carbocycles. The zero-order chi connectivity index (χ0) is 31.4. The molecule has 0 aliphatic carbocycles. The molecule has 3 rings (SSSR count). The largest absolute Gasteiger partial charge is 0.480 e. The minimum absolute atomic E-state index is 0.0166. The number of carbonyl (C=O) groups excluding carboxylic acids is 3. The molecule has 3 aromatic rings. The standard InChI is InChI=1S/C31H38N6O6/c1-3-19(2)27(29-36-24(18-43-29)28(40)35-23(30(41)42)10-7-17-34-31(32)33)37-26(39)16-15-25(38)22-13-11-21(12-14-22)20-8-5-4-6-9-20/h4-6,8-9,11-14,18-19,23,27H,3,7,10,15-17H2,1-2H3,(H,35,40)(H,37,39)(H,41,42)(H4,32,33,34). The Kier molecular flexibility index (Phi) is 12.0. The van der Waals surface area contributed by atoms with Crippen molar-refractivity contribution in [3.63, 3.8) is 0 Å². The normalized spacial score (nSPS) is 12.9. The van der Waals surface area contributed by atoms with Crippen LogP contribution >= 0.6 is 0 Å². The van der Waals surface area contributed by atoms with E-state index in [0.29, 0.717) is 18.4 Å². The Morgan fingerprint density at radius 3 is 2.28 bits per heavy atom. The lowest BCUT2D eigenvalue weighted by Crippen LogP contribution is -2.41. The van der Waals surface area contributed by atoms with Gasteiger partial charge in [-0.05, 0) is 29.9 Å². The van der Waals surface area contributed by atoms with Gasteiger partial charge in [0.1, 0.15) is 18.3 Å². The van der Waals surface area contributed by atoms with Crippen LogP contribution in [0.3, 0.4) is 0 Å². The first kappa shape index (κ1) is 32.5. The first-order valence-electron chi connectivity index (χ1n) is 14.1. The first-order valence-corrected chi connectivity index (χ1v) is 14.1. The third-order valence-electron chi connectivity index (χ3n) is 6.99. The van der Waals surface area contributed by atoms with E-state index in [-0.39, 0.29) is 61.0 Å². The summed E-state index contributed by atoms with van der Waals surface area (Å²) in [5.74, 6) is -2.57. The number of guanidine groups is 1. The number of nitrogens with one attached hydrogen (secondary N) is 2. The lowest BCUT2D eigenvalue weighted by Gasteiger charge is -2.21. The number of hydrogen-bond acceptors (Lipinski definition) is 7. The molecule has 0 aliphatic heterocycles. The van der Waals surface area contributed by atoms with E-state index in [2.05, 4.69) is 20.6 Å². The monoisotopic (exact) mass is 590 g/mol. The Morgan fingerprint density at radius 2 is 1.65 bits per heavy atom. The molecule has 43 heavy (non-hydrogen) atoms. The molecule has 0 fully saturated rings. The molecular formula is C31H38N6O6. The van der Waals surface area contributed by atoms with Gasteiger partial charge in [-0.2, -0.15) is 0 Å². The lowest BCUT2D eigenvalue weighted by atomic mass is 9.98. The smallest absolute Gasteiger partial charge is 0.326 e. The maximum absolute atomic E-state index is 12.8. The van der Waals surface area contributed by atoms with Gasteiger partial charge < -0.3 is 31.6 Å². The van der Waals surface area contributed by atoms with Crippen LogP contribution in [0.5, 0.6) is 0 Å². The highest BCUT2D eigenvalue weighted by Crippen LogP contribution is 2.25. The predicted molar refractivity (Wildman–Crippen MR) is 161 cm³/mol. The molecule has 0 radical (unpaired) electrons. The Labute approximate surface area is 250 Å². The Bertz CT molecular complexity index is 1420. The molecule has 0 saturated carbocycles. The van der Waals surface area contributed by atoms with Crippen molar-refractivity contribution in [2.75, 3.05) is 6.54 Å². The average molecular weight is 591 g/mol. The summed E-state index contributed by atoms with van der Waals surface area (Å²) in [7, 11) is 0. The molecule has 2 amide bonds. The predicted octanol–water partition coefficient (Wildman–Crippen LogP) is 3.44. The second kappa shape index (κ2) is 15.9. The quantitative estimate of drug-likeness (QED) is 0.0716. The minimum Gasteiger partial charge on any atom is -0.480 e. The minimum atomic E-state index is -1.21. The van der Waals surface area contributed by atoms with Crippen LogP contribution in [-0.4, -0.2) is 52.2 Å². The highest BCUT2D eigenvalue weighted by molar-refractivity contribution is 5.98. The van der Waals surface area contributed by atoms with E-state index in [9.17, 15) is 24.3 Å². The van der Waals surface area contributed by atoms with Crippen LogP contribution in [0, 0.1) is 5.92 Å². The van der Waals surface area contributed by atoms with Crippen LogP contribution in [0.4, 0.5) is 0 Å². The van der Waals surface area contributed by atoms with Gasteiger partial charge >= 0.3 is 5.97 Å². The highest BCUT2D eigenvalue weighted by Gasteiger charge is 2.28. The summed E-state index contributed by atoms with van der Waals surface area (Å²) in [6.07, 6.45) is 2.20. The lowest BCUT2D eigenvalue weighted by molar-refractivity contribution is -0.139. The van der Waals surface area contributed by atoms with Crippen LogP contribution in [0.25, 0.3) is 11.1 Å². The molecule has 0 bridgehead atoms. The van der Waals surface area contributed by atoms with E-state index in [0.717, 1.165) is 17.4 Å². The number of aliphatic carboxylic acids is 1. The van der Waals surface area contributed by atoms with Crippen LogP contribution < -0.4 is 22.1 Å². The van der Waals surface area contributed by atoms with E-state index >= 15 is 0 Å². The van der Waals surface area contributed by atoms with Crippen molar-refractivity contribution in [3.8, 4) is 11.1 Å². The molecule has 228 valence electrons. The number of amides is 2. The van der Waals surface area contributed by atoms with Gasteiger partial charge in [0.15, 0.2) is 17.4 Å². The third-order valence-corrected chi connectivity index (χ3v) is 6.99. The fourth-order valence-corrected chi connectivity index (χ4v) is 4.31. The van der Waals surface area contributed by atoms with E-state index in [4.69, 9.17) is 15.9 Å². The molecule has 3 atom stereocenters. The topological polar surface area (TPSA) is 203 Å². The van der Waals surface area contributed by atoms with Crippen LogP contribution in [0.15, 0.2) is 70.3 Å². The van der Waals surface area contributed by atoms with Crippen LogP contribution in [-0.2, 0) is 9.59 Å². The van der Waals surface area contributed by atoms with E-state index in [1.165, 1.54) is 0 Å². The van der Waals surface area contributed by atoms with Crippen molar-refractivity contribution in [2.24, 2.45) is 22.4 Å². The van der Waals surface area contributed by atoms with Crippen molar-refractivity contribution in [2.45, 2.75) is 58.0 Å². The fraction of sp³-hybridized carbons (Fsp3) is 0.355. The molecule has 0 saturated heterocycles. The van der Waals surface area contributed by atoms with Gasteiger partial charge in [0, 0.05) is 24.9 Å². The van der Waals surface area contributed by atoms with Crippen LogP contribution in [0.2, 0.25) is 0 Å². The molecular weight excluding hydrogens is 552 g/mol. The number of Topliss-reactive ketones (excluding diaryl/α,β-unsaturated/α-hetero) is 1. The number of aliphatic imine (C=N–C) groups is 1. The number of oxazole rings is 1. The summed E-state index contributed by atoms with van der Waals surface area (Å²) in [5, 5.41) is 14.8. The Hall–Kier alpha value is -5.00. The molecule has 1 heterocycles. The molecule has 0 aliphatic rings. The number of carboxylic acid groups (broad SMARTS) is 1. The number of carboxylic acids is 1. The summed E-state index contributed by atoms with van der Waals surface area (Å²) in [4.78, 5) is 58.0. The highest BCUT2D eigenvalue weighted by atomic mass is 16.4. The SMILES string of the molecule is CCC(C)C(NC(=O)CCC(=O)c1ccc(-c2ccccc2)cc1)c1nc(C(=O)NC(CCCN=C(N)N)C(=O)O)co1. The molecule has 0 spiro atoms. The Morgan fingerprint density at radius 1 is 0.977 bits per heavy atom. The summed E-state index contributed by atoms with van der Waals surface area (Å²) >= 11 is 0. The number of aromatic nitrogens is 1. The van der Waals surface area contributed by atoms with Crippen molar-refractivity contribution in [1.29, 1.82) is 0 Å². The Balaban J connectivity index is 1.58. The summed E-state index contributed by atoms with van der Waals surface area (Å²) in [6.45, 7) is 4.05. The first-order chi connectivity index (χ1) is 20.6. The number of carbonyl (C=O) groups is 4. The summed E-state index contributed by atoms with van der Waals surface area (Å²) in [5.41, 5.74) is 13.0. The summed E-state index contributed by atoms with van der Waals surface area (Å²) in [6, 6.07) is 15.2.